The van der Waals surface area contributed by atoms with Crippen LogP contribution >= 0.6 is 15.9 Å². The molecule has 1 aromatic carbocycles. The largest absolute Gasteiger partial charge is 0.319 e. The second-order valence-corrected chi connectivity index (χ2v) is 7.54. The Morgan fingerprint density at radius 3 is 2.85 bits per heavy atom. The molecule has 1 heterocycles. The molecule has 2 rings (SSSR count). The van der Waals surface area contributed by atoms with Crippen molar-refractivity contribution in [2.45, 2.75) is 12.8 Å². The normalized spacial score (nSPS) is 20.8. The summed E-state index contributed by atoms with van der Waals surface area (Å²) in [7, 11) is -1.59. The van der Waals surface area contributed by atoms with E-state index in [1.165, 1.54) is 4.31 Å². The molecule has 1 fully saturated rings. The lowest BCUT2D eigenvalue weighted by atomic mass is 10.00. The molecule has 7 heteroatoms. The van der Waals surface area contributed by atoms with E-state index in [2.05, 4.69) is 26.0 Å². The van der Waals surface area contributed by atoms with Crippen molar-refractivity contribution in [3.8, 4) is 0 Å². The van der Waals surface area contributed by atoms with Gasteiger partial charge >= 0.3 is 10.2 Å². The summed E-state index contributed by atoms with van der Waals surface area (Å²) in [6, 6.07) is 7.23. The SMILES string of the molecule is CNCC1CCCN(S(=O)(=O)Nc2ccccc2Br)C1. The van der Waals surface area contributed by atoms with Gasteiger partial charge in [-0.25, -0.2) is 0 Å². The Morgan fingerprint density at radius 2 is 2.15 bits per heavy atom. The number of para-hydroxylation sites is 1. The van der Waals surface area contributed by atoms with Crippen LogP contribution < -0.4 is 10.0 Å². The summed E-state index contributed by atoms with van der Waals surface area (Å²) in [4.78, 5) is 0. The number of rotatable bonds is 5. The molecule has 0 radical (unpaired) electrons. The number of nitrogens with zero attached hydrogens (tertiary/aromatic N) is 1. The van der Waals surface area contributed by atoms with Crippen LogP contribution in [-0.2, 0) is 10.2 Å². The zero-order valence-corrected chi connectivity index (χ0v) is 13.9. The molecule has 1 aromatic rings. The average molecular weight is 362 g/mol. The molecule has 0 bridgehead atoms. The minimum Gasteiger partial charge on any atom is -0.319 e. The Kier molecular flexibility index (Phi) is 5.42. The Morgan fingerprint density at radius 1 is 1.40 bits per heavy atom. The molecule has 0 aliphatic carbocycles. The first kappa shape index (κ1) is 15.8. The fourth-order valence-corrected chi connectivity index (χ4v) is 4.32. The van der Waals surface area contributed by atoms with Crippen LogP contribution in [0.25, 0.3) is 0 Å². The van der Waals surface area contributed by atoms with Gasteiger partial charge < -0.3 is 5.32 Å². The molecule has 0 aromatic heterocycles. The highest BCUT2D eigenvalue weighted by Crippen LogP contribution is 2.25. The highest BCUT2D eigenvalue weighted by atomic mass is 79.9. The molecule has 1 atom stereocenters. The maximum absolute atomic E-state index is 12.4. The van der Waals surface area contributed by atoms with Gasteiger partial charge in [0.25, 0.3) is 0 Å². The maximum Gasteiger partial charge on any atom is 0.301 e. The number of benzene rings is 1. The van der Waals surface area contributed by atoms with Crippen molar-refractivity contribution in [2.75, 3.05) is 31.4 Å². The molecule has 112 valence electrons. The van der Waals surface area contributed by atoms with Crippen LogP contribution in [0.2, 0.25) is 0 Å². The number of anilines is 1. The maximum atomic E-state index is 12.4. The molecule has 5 nitrogen and oxygen atoms in total. The quantitative estimate of drug-likeness (QED) is 0.843. The molecule has 1 aliphatic heterocycles. The Balaban J connectivity index is 2.08. The Hall–Kier alpha value is -0.630. The minimum absolute atomic E-state index is 0.379. The van der Waals surface area contributed by atoms with Gasteiger partial charge in [0, 0.05) is 17.6 Å². The molecule has 0 saturated carbocycles. The van der Waals surface area contributed by atoms with E-state index >= 15 is 0 Å². The third-order valence-corrected chi connectivity index (χ3v) is 5.61. The summed E-state index contributed by atoms with van der Waals surface area (Å²) in [5, 5.41) is 3.12. The highest BCUT2D eigenvalue weighted by Gasteiger charge is 2.28. The summed E-state index contributed by atoms with van der Waals surface area (Å²) < 4.78 is 29.8. The van der Waals surface area contributed by atoms with E-state index in [1.54, 1.807) is 6.07 Å². The lowest BCUT2D eigenvalue weighted by Gasteiger charge is -2.32. The Labute approximate surface area is 129 Å². The summed E-state index contributed by atoms with van der Waals surface area (Å²) in [5.74, 6) is 0.379. The van der Waals surface area contributed by atoms with Gasteiger partial charge in [0.05, 0.1) is 5.69 Å². The highest BCUT2D eigenvalue weighted by molar-refractivity contribution is 9.10. The second kappa shape index (κ2) is 6.89. The van der Waals surface area contributed by atoms with Crippen LogP contribution in [0.5, 0.6) is 0 Å². The van der Waals surface area contributed by atoms with Gasteiger partial charge in [0.2, 0.25) is 0 Å². The van der Waals surface area contributed by atoms with Gasteiger partial charge in [-0.1, -0.05) is 12.1 Å². The first-order chi connectivity index (χ1) is 9.53. The number of nitrogens with one attached hydrogen (secondary N) is 2. The van der Waals surface area contributed by atoms with Gasteiger partial charge in [-0.3, -0.25) is 4.72 Å². The predicted molar refractivity (Wildman–Crippen MR) is 84.9 cm³/mol. The lowest BCUT2D eigenvalue weighted by molar-refractivity contribution is 0.264. The van der Waals surface area contributed by atoms with E-state index in [-0.39, 0.29) is 0 Å². The minimum atomic E-state index is -3.48. The van der Waals surface area contributed by atoms with Gasteiger partial charge in [-0.15, -0.1) is 0 Å². The smallest absolute Gasteiger partial charge is 0.301 e. The third kappa shape index (κ3) is 3.94. The van der Waals surface area contributed by atoms with Gasteiger partial charge in [0.1, 0.15) is 0 Å². The summed E-state index contributed by atoms with van der Waals surface area (Å²) in [6.07, 6.45) is 1.98. The molecular formula is C13H20BrN3O2S. The fourth-order valence-electron chi connectivity index (χ4n) is 2.45. The monoisotopic (exact) mass is 361 g/mol. The molecule has 0 amide bonds. The molecular weight excluding hydrogens is 342 g/mol. The van der Waals surface area contributed by atoms with E-state index in [4.69, 9.17) is 0 Å². The number of hydrogen-bond acceptors (Lipinski definition) is 3. The predicted octanol–water partition coefficient (Wildman–Crippen LogP) is 2.04. The number of piperidine rings is 1. The first-order valence-corrected chi connectivity index (χ1v) is 8.93. The topological polar surface area (TPSA) is 61.4 Å². The van der Waals surface area contributed by atoms with Crippen LogP contribution in [0.15, 0.2) is 28.7 Å². The van der Waals surface area contributed by atoms with Crippen molar-refractivity contribution in [1.82, 2.24) is 9.62 Å². The van der Waals surface area contributed by atoms with Gasteiger partial charge in [-0.2, -0.15) is 12.7 Å². The Bertz CT molecular complexity index is 548. The van der Waals surface area contributed by atoms with Crippen molar-refractivity contribution in [3.63, 3.8) is 0 Å². The summed E-state index contributed by atoms with van der Waals surface area (Å²) in [5.41, 5.74) is 0.572. The first-order valence-electron chi connectivity index (χ1n) is 6.70. The van der Waals surface area contributed by atoms with Gasteiger partial charge in [0.15, 0.2) is 0 Å². The fraction of sp³-hybridized carbons (Fsp3) is 0.538. The average Bonchev–Trinajstić information content (AvgIpc) is 2.42. The molecule has 1 aliphatic rings. The van der Waals surface area contributed by atoms with Crippen LogP contribution in [0.1, 0.15) is 12.8 Å². The lowest BCUT2D eigenvalue weighted by Crippen LogP contribution is -2.44. The summed E-state index contributed by atoms with van der Waals surface area (Å²) in [6.45, 7) is 2.00. The number of halogens is 1. The molecule has 1 saturated heterocycles. The number of hydrogen-bond donors (Lipinski definition) is 2. The molecule has 0 spiro atoms. The van der Waals surface area contributed by atoms with Crippen LogP contribution in [0.4, 0.5) is 5.69 Å². The third-order valence-electron chi connectivity index (χ3n) is 3.43. The molecule has 1 unspecified atom stereocenters. The molecule has 20 heavy (non-hydrogen) atoms. The second-order valence-electron chi connectivity index (χ2n) is 5.01. The van der Waals surface area contributed by atoms with Crippen molar-refractivity contribution >= 4 is 31.8 Å². The van der Waals surface area contributed by atoms with Crippen LogP contribution in [0.3, 0.4) is 0 Å². The van der Waals surface area contributed by atoms with Crippen molar-refractivity contribution in [2.24, 2.45) is 5.92 Å². The standard InChI is InChI=1S/C13H20BrN3O2S/c1-15-9-11-5-4-8-17(10-11)20(18,19)16-13-7-3-2-6-12(13)14/h2-3,6-7,11,15-16H,4-5,8-10H2,1H3. The van der Waals surface area contributed by atoms with E-state index in [0.29, 0.717) is 24.7 Å². The van der Waals surface area contributed by atoms with Crippen LogP contribution in [0, 0.1) is 5.92 Å². The van der Waals surface area contributed by atoms with Crippen molar-refractivity contribution < 1.29 is 8.42 Å². The van der Waals surface area contributed by atoms with Crippen LogP contribution in [-0.4, -0.2) is 39.4 Å². The van der Waals surface area contributed by atoms with E-state index < -0.39 is 10.2 Å². The van der Waals surface area contributed by atoms with Crippen molar-refractivity contribution in [3.05, 3.63) is 28.7 Å². The van der Waals surface area contributed by atoms with Gasteiger partial charge in [-0.05, 0) is 60.4 Å². The zero-order valence-electron chi connectivity index (χ0n) is 11.5. The van der Waals surface area contributed by atoms with Crippen molar-refractivity contribution in [1.29, 1.82) is 0 Å². The van der Waals surface area contributed by atoms with E-state index in [9.17, 15) is 8.42 Å². The molecule has 2 N–H and O–H groups in total. The summed E-state index contributed by atoms with van der Waals surface area (Å²) >= 11 is 3.35. The zero-order chi connectivity index (χ0) is 14.6. The van der Waals surface area contributed by atoms with E-state index in [1.807, 2.05) is 25.2 Å². The van der Waals surface area contributed by atoms with E-state index in [0.717, 1.165) is 23.9 Å².